The quantitative estimate of drug-likeness (QED) is 0.727. The van der Waals surface area contributed by atoms with Crippen LogP contribution in [0.4, 0.5) is 0 Å². The summed E-state index contributed by atoms with van der Waals surface area (Å²) in [5, 5.41) is 1.09. The summed E-state index contributed by atoms with van der Waals surface area (Å²) < 4.78 is 4.28. The van der Waals surface area contributed by atoms with E-state index in [2.05, 4.69) is 40.2 Å². The third-order valence-corrected chi connectivity index (χ3v) is 5.36. The summed E-state index contributed by atoms with van der Waals surface area (Å²) >= 11 is 0. The first-order valence-corrected chi connectivity index (χ1v) is 8.10. The van der Waals surface area contributed by atoms with Crippen molar-refractivity contribution in [2.24, 2.45) is 12.5 Å². The molecule has 0 spiro atoms. The Morgan fingerprint density at radius 3 is 2.83 bits per heavy atom. The minimum Gasteiger partial charge on any atom is -0.347 e. The number of aromatic nitrogens is 3. The van der Waals surface area contributed by atoms with Gasteiger partial charge in [-0.3, -0.25) is 4.79 Å². The van der Waals surface area contributed by atoms with Crippen molar-refractivity contribution in [2.45, 2.75) is 33.2 Å². The van der Waals surface area contributed by atoms with Crippen molar-refractivity contribution in [3.8, 4) is 0 Å². The highest BCUT2D eigenvalue weighted by molar-refractivity contribution is 6.12. The summed E-state index contributed by atoms with van der Waals surface area (Å²) in [6.07, 6.45) is 5.58. The lowest BCUT2D eigenvalue weighted by Gasteiger charge is -2.33. The first kappa shape index (κ1) is 14.2. The average Bonchev–Trinajstić information content (AvgIpc) is 3.06. The molecule has 0 radical (unpaired) electrons. The van der Waals surface area contributed by atoms with Gasteiger partial charge in [-0.1, -0.05) is 25.1 Å². The van der Waals surface area contributed by atoms with Crippen LogP contribution in [0.5, 0.6) is 0 Å². The number of hydrogen-bond acceptors (Lipinski definition) is 2. The number of Topliss-reactive ketones (excluding diaryl/α,β-unsaturated/α-hetero) is 1. The first-order chi connectivity index (χ1) is 11.0. The van der Waals surface area contributed by atoms with Crippen LogP contribution in [0.2, 0.25) is 0 Å². The van der Waals surface area contributed by atoms with Crippen LogP contribution >= 0.6 is 0 Å². The summed E-state index contributed by atoms with van der Waals surface area (Å²) in [5.41, 5.74) is 2.88. The van der Waals surface area contributed by atoms with Crippen molar-refractivity contribution in [3.63, 3.8) is 0 Å². The molecule has 0 saturated heterocycles. The molecule has 1 unspecified atom stereocenters. The Kier molecular flexibility index (Phi) is 2.98. The minimum absolute atomic E-state index is 0.267. The molecule has 4 heteroatoms. The molecule has 1 aromatic carbocycles. The van der Waals surface area contributed by atoms with Crippen LogP contribution in [-0.2, 0) is 20.0 Å². The predicted octanol–water partition coefficient (Wildman–Crippen LogP) is 3.52. The summed E-state index contributed by atoms with van der Waals surface area (Å²) in [7, 11) is 2.07. The second-order valence-electron chi connectivity index (χ2n) is 6.89. The standard InChI is InChI=1S/C19H21N3O/c1-13-20-10-11-22(13)12-19(2)9-8-16-17(18(19)23)14-6-4-5-7-15(14)21(16)3/h4-7,10-11H,8-9,12H2,1-3H3. The highest BCUT2D eigenvalue weighted by atomic mass is 16.1. The molecule has 23 heavy (non-hydrogen) atoms. The summed E-state index contributed by atoms with van der Waals surface area (Å²) in [6.45, 7) is 4.78. The number of benzene rings is 1. The van der Waals surface area contributed by atoms with Crippen LogP contribution in [0.3, 0.4) is 0 Å². The number of para-hydroxylation sites is 1. The zero-order valence-electron chi connectivity index (χ0n) is 13.8. The van der Waals surface area contributed by atoms with Crippen LogP contribution in [0.15, 0.2) is 36.7 Å². The molecule has 1 atom stereocenters. The number of fused-ring (bicyclic) bond motifs is 3. The van der Waals surface area contributed by atoms with Gasteiger partial charge in [0.05, 0.1) is 0 Å². The van der Waals surface area contributed by atoms with E-state index in [0.717, 1.165) is 35.1 Å². The van der Waals surface area contributed by atoms with Gasteiger partial charge < -0.3 is 9.13 Å². The number of carbonyl (C=O) groups is 1. The Morgan fingerprint density at radius 2 is 2.09 bits per heavy atom. The van der Waals surface area contributed by atoms with Crippen LogP contribution in [0, 0.1) is 12.3 Å². The molecule has 0 fully saturated rings. The largest absolute Gasteiger partial charge is 0.347 e. The summed E-state index contributed by atoms with van der Waals surface area (Å²) in [6, 6.07) is 8.22. The fourth-order valence-corrected chi connectivity index (χ4v) is 3.90. The van der Waals surface area contributed by atoms with Gasteiger partial charge in [0.2, 0.25) is 0 Å². The van der Waals surface area contributed by atoms with Gasteiger partial charge in [-0.15, -0.1) is 0 Å². The zero-order valence-corrected chi connectivity index (χ0v) is 13.8. The number of hydrogen-bond donors (Lipinski definition) is 0. The van der Waals surface area contributed by atoms with E-state index in [0.29, 0.717) is 6.54 Å². The lowest BCUT2D eigenvalue weighted by molar-refractivity contribution is 0.0753. The maximum absolute atomic E-state index is 13.4. The van der Waals surface area contributed by atoms with E-state index in [1.807, 2.05) is 25.3 Å². The fourth-order valence-electron chi connectivity index (χ4n) is 3.90. The number of aryl methyl sites for hydroxylation is 2. The van der Waals surface area contributed by atoms with E-state index >= 15 is 0 Å². The molecule has 0 bridgehead atoms. The molecule has 1 aliphatic carbocycles. The Hall–Kier alpha value is -2.36. The Labute approximate surface area is 135 Å². The number of ketones is 1. The number of nitrogens with zero attached hydrogens (tertiary/aromatic N) is 3. The van der Waals surface area contributed by atoms with Gasteiger partial charge in [-0.25, -0.2) is 4.98 Å². The van der Waals surface area contributed by atoms with Crippen molar-refractivity contribution < 1.29 is 4.79 Å². The monoisotopic (exact) mass is 307 g/mol. The van der Waals surface area contributed by atoms with Crippen molar-refractivity contribution in [3.05, 3.63) is 53.7 Å². The molecule has 0 saturated carbocycles. The Morgan fingerprint density at radius 1 is 1.30 bits per heavy atom. The molecule has 3 aromatic rings. The minimum atomic E-state index is -0.372. The zero-order chi connectivity index (χ0) is 16.2. The topological polar surface area (TPSA) is 39.8 Å². The van der Waals surface area contributed by atoms with Crippen LogP contribution in [0.1, 0.15) is 35.2 Å². The molecule has 4 rings (SSSR count). The first-order valence-electron chi connectivity index (χ1n) is 8.10. The van der Waals surface area contributed by atoms with Gasteiger partial charge in [0.1, 0.15) is 5.82 Å². The van der Waals surface area contributed by atoms with Crippen molar-refractivity contribution in [1.29, 1.82) is 0 Å². The average molecular weight is 307 g/mol. The van der Waals surface area contributed by atoms with Crippen LogP contribution < -0.4 is 0 Å². The lowest BCUT2D eigenvalue weighted by atomic mass is 9.73. The maximum atomic E-state index is 13.4. The summed E-state index contributed by atoms with van der Waals surface area (Å²) in [5.74, 6) is 1.23. The molecule has 0 N–H and O–H groups in total. The highest BCUT2D eigenvalue weighted by Crippen LogP contribution is 2.40. The molecule has 0 aliphatic heterocycles. The van der Waals surface area contributed by atoms with E-state index in [1.165, 1.54) is 5.69 Å². The molecule has 0 amide bonds. The van der Waals surface area contributed by atoms with E-state index in [-0.39, 0.29) is 11.2 Å². The predicted molar refractivity (Wildman–Crippen MR) is 90.6 cm³/mol. The maximum Gasteiger partial charge on any atom is 0.172 e. The second-order valence-corrected chi connectivity index (χ2v) is 6.89. The van der Waals surface area contributed by atoms with Crippen LogP contribution in [0.25, 0.3) is 10.9 Å². The third-order valence-electron chi connectivity index (χ3n) is 5.36. The van der Waals surface area contributed by atoms with Crippen LogP contribution in [-0.4, -0.2) is 19.9 Å². The van der Waals surface area contributed by atoms with Crippen molar-refractivity contribution in [2.75, 3.05) is 0 Å². The van der Waals surface area contributed by atoms with Gasteiger partial charge in [-0.2, -0.15) is 0 Å². The SMILES string of the molecule is Cc1nccn1CC1(C)CCc2c(c3ccccc3n2C)C1=O. The molecule has 4 nitrogen and oxygen atoms in total. The molecule has 2 heterocycles. The van der Waals surface area contributed by atoms with Gasteiger partial charge in [0.25, 0.3) is 0 Å². The molecule has 118 valence electrons. The normalized spacial score (nSPS) is 20.9. The Balaban J connectivity index is 1.83. The molecular weight excluding hydrogens is 286 g/mol. The van der Waals surface area contributed by atoms with Gasteiger partial charge in [0.15, 0.2) is 5.78 Å². The Bertz CT molecular complexity index is 918. The van der Waals surface area contributed by atoms with E-state index in [9.17, 15) is 4.79 Å². The number of rotatable bonds is 2. The van der Waals surface area contributed by atoms with Gasteiger partial charge >= 0.3 is 0 Å². The van der Waals surface area contributed by atoms with E-state index < -0.39 is 0 Å². The molecular formula is C19H21N3O. The second kappa shape index (κ2) is 4.82. The number of imidazole rings is 1. The number of carbonyl (C=O) groups excluding carboxylic acids is 1. The van der Waals surface area contributed by atoms with Gasteiger partial charge in [-0.05, 0) is 25.8 Å². The smallest absolute Gasteiger partial charge is 0.172 e. The third kappa shape index (κ3) is 1.97. The van der Waals surface area contributed by atoms with E-state index in [1.54, 1.807) is 6.20 Å². The van der Waals surface area contributed by atoms with E-state index in [4.69, 9.17) is 0 Å². The summed E-state index contributed by atoms with van der Waals surface area (Å²) in [4.78, 5) is 17.6. The lowest BCUT2D eigenvalue weighted by Crippen LogP contribution is -2.37. The fraction of sp³-hybridized carbons (Fsp3) is 0.368. The van der Waals surface area contributed by atoms with Gasteiger partial charge in [0, 0.05) is 53.6 Å². The molecule has 2 aromatic heterocycles. The molecule has 1 aliphatic rings. The highest BCUT2D eigenvalue weighted by Gasteiger charge is 2.41. The van der Waals surface area contributed by atoms with Crippen molar-refractivity contribution >= 4 is 16.7 Å². The van der Waals surface area contributed by atoms with Crippen molar-refractivity contribution in [1.82, 2.24) is 14.1 Å².